The molecule has 1 fully saturated rings. The van der Waals surface area contributed by atoms with Crippen LogP contribution >= 0.6 is 11.3 Å². The molecule has 1 aromatic heterocycles. The fourth-order valence-electron chi connectivity index (χ4n) is 2.75. The van der Waals surface area contributed by atoms with Gasteiger partial charge in [0.2, 0.25) is 0 Å². The molecule has 1 aliphatic rings. The highest BCUT2D eigenvalue weighted by Crippen LogP contribution is 2.51. The number of urea groups is 1. The number of hydrogen-bond donors (Lipinski definition) is 2. The number of ether oxygens (including phenoxy) is 1. The van der Waals surface area contributed by atoms with Crippen LogP contribution in [-0.2, 0) is 4.74 Å². The van der Waals surface area contributed by atoms with Gasteiger partial charge in [-0.05, 0) is 27.2 Å². The maximum absolute atomic E-state index is 12.1. The second-order valence-corrected chi connectivity index (χ2v) is 7.47. The van der Waals surface area contributed by atoms with Crippen molar-refractivity contribution >= 4 is 17.4 Å². The summed E-state index contributed by atoms with van der Waals surface area (Å²) in [6, 6.07) is -0.111. The minimum absolute atomic E-state index is 0.0827. The molecule has 1 heterocycles. The largest absolute Gasteiger partial charge is 0.378 e. The number of amides is 2. The van der Waals surface area contributed by atoms with Crippen molar-refractivity contribution in [3.63, 3.8) is 0 Å². The Balaban J connectivity index is 1.89. The Labute approximate surface area is 130 Å². The molecule has 2 amide bonds. The third-order valence-electron chi connectivity index (χ3n) is 4.94. The van der Waals surface area contributed by atoms with Gasteiger partial charge in [0.05, 0.1) is 11.6 Å². The Morgan fingerprint density at radius 1 is 1.52 bits per heavy atom. The first kappa shape index (κ1) is 16.2. The third kappa shape index (κ3) is 2.92. The van der Waals surface area contributed by atoms with Gasteiger partial charge in [-0.15, -0.1) is 11.3 Å². The summed E-state index contributed by atoms with van der Waals surface area (Å²) in [5.41, 5.74) is 0.725. The Hall–Kier alpha value is -1.14. The Morgan fingerprint density at radius 3 is 2.67 bits per heavy atom. The van der Waals surface area contributed by atoms with E-state index in [1.807, 2.05) is 19.2 Å². The Kier molecular flexibility index (Phi) is 4.31. The predicted octanol–water partition coefficient (Wildman–Crippen LogP) is 3.02. The number of aryl methyl sites for hydroxylation is 1. The van der Waals surface area contributed by atoms with E-state index in [-0.39, 0.29) is 29.1 Å². The third-order valence-corrected chi connectivity index (χ3v) is 6.08. The van der Waals surface area contributed by atoms with Crippen LogP contribution in [0.5, 0.6) is 0 Å². The Bertz CT molecular complexity index is 529. The van der Waals surface area contributed by atoms with Crippen molar-refractivity contribution in [1.82, 2.24) is 15.6 Å². The second kappa shape index (κ2) is 5.57. The number of nitrogens with zero attached hydrogens (tertiary/aromatic N) is 1. The first-order valence-electron chi connectivity index (χ1n) is 7.24. The molecule has 21 heavy (non-hydrogen) atoms. The van der Waals surface area contributed by atoms with Crippen LogP contribution < -0.4 is 10.6 Å². The molecule has 118 valence electrons. The van der Waals surface area contributed by atoms with E-state index >= 15 is 0 Å². The number of carbonyl (C=O) groups excluding carboxylic acids is 1. The first-order chi connectivity index (χ1) is 9.69. The van der Waals surface area contributed by atoms with Crippen molar-refractivity contribution < 1.29 is 9.53 Å². The van der Waals surface area contributed by atoms with Gasteiger partial charge < -0.3 is 15.4 Å². The minimum Gasteiger partial charge on any atom is -0.378 e. The molecule has 2 rings (SSSR count). The number of thiazole rings is 1. The van der Waals surface area contributed by atoms with Crippen LogP contribution in [0.3, 0.4) is 0 Å². The van der Waals surface area contributed by atoms with Crippen LogP contribution in [0.4, 0.5) is 4.79 Å². The zero-order chi connectivity index (χ0) is 15.8. The van der Waals surface area contributed by atoms with Crippen molar-refractivity contribution in [2.45, 2.75) is 58.7 Å². The van der Waals surface area contributed by atoms with Gasteiger partial charge in [0.1, 0.15) is 5.01 Å². The molecule has 1 aliphatic carbocycles. The van der Waals surface area contributed by atoms with Crippen molar-refractivity contribution in [1.29, 1.82) is 0 Å². The molecule has 1 saturated carbocycles. The summed E-state index contributed by atoms with van der Waals surface area (Å²) in [7, 11) is 1.73. The summed E-state index contributed by atoms with van der Waals surface area (Å²) in [5.74, 6) is 0. The summed E-state index contributed by atoms with van der Waals surface area (Å²) < 4.78 is 5.57. The number of aromatic nitrogens is 1. The van der Waals surface area contributed by atoms with Gasteiger partial charge in [-0.25, -0.2) is 9.78 Å². The molecule has 0 aromatic carbocycles. The molecule has 0 unspecified atom stereocenters. The number of rotatable bonds is 4. The zero-order valence-corrected chi connectivity index (χ0v) is 14.4. The number of methoxy groups -OCH3 is 1. The van der Waals surface area contributed by atoms with Crippen LogP contribution in [0.2, 0.25) is 0 Å². The van der Waals surface area contributed by atoms with E-state index in [0.29, 0.717) is 0 Å². The van der Waals surface area contributed by atoms with Crippen molar-refractivity contribution in [3.8, 4) is 0 Å². The van der Waals surface area contributed by atoms with E-state index in [9.17, 15) is 4.79 Å². The first-order valence-corrected chi connectivity index (χ1v) is 8.12. The zero-order valence-electron chi connectivity index (χ0n) is 13.6. The van der Waals surface area contributed by atoms with Gasteiger partial charge in [0.25, 0.3) is 0 Å². The SMILES string of the molecule is CO[C@]1(C)C[C@@H](NC(=O)N[C@H](C)c2nc(C)cs2)C1(C)C. The standard InChI is InChI=1S/C15H25N3O2S/c1-9-8-21-12(16-9)10(2)17-13(19)18-11-7-15(5,20-6)14(11,3)4/h8,10-11H,7H2,1-6H3,(H2,17,18,19)/t10-,11-,15-/m1/s1. The molecule has 0 aliphatic heterocycles. The molecule has 0 saturated heterocycles. The highest BCUT2D eigenvalue weighted by Gasteiger charge is 2.58. The predicted molar refractivity (Wildman–Crippen MR) is 84.5 cm³/mol. The summed E-state index contributed by atoms with van der Waals surface area (Å²) in [4.78, 5) is 16.5. The van der Waals surface area contributed by atoms with Gasteiger partial charge in [-0.2, -0.15) is 0 Å². The lowest BCUT2D eigenvalue weighted by Gasteiger charge is -2.59. The molecule has 0 spiro atoms. The highest BCUT2D eigenvalue weighted by atomic mass is 32.1. The van der Waals surface area contributed by atoms with Crippen LogP contribution in [0, 0.1) is 12.3 Å². The van der Waals surface area contributed by atoms with Crippen LogP contribution in [0.25, 0.3) is 0 Å². The lowest BCUT2D eigenvalue weighted by molar-refractivity contribution is -0.177. The fourth-order valence-corrected chi connectivity index (χ4v) is 3.56. The highest BCUT2D eigenvalue weighted by molar-refractivity contribution is 7.09. The normalized spacial score (nSPS) is 28.6. The van der Waals surface area contributed by atoms with Crippen molar-refractivity contribution in [2.75, 3.05) is 7.11 Å². The van der Waals surface area contributed by atoms with E-state index in [1.165, 1.54) is 0 Å². The Morgan fingerprint density at radius 2 is 2.19 bits per heavy atom. The van der Waals surface area contributed by atoms with Crippen LogP contribution in [-0.4, -0.2) is 29.8 Å². The van der Waals surface area contributed by atoms with E-state index < -0.39 is 0 Å². The molecule has 6 heteroatoms. The van der Waals surface area contributed by atoms with Crippen LogP contribution in [0.15, 0.2) is 5.38 Å². The average molecular weight is 311 g/mol. The quantitative estimate of drug-likeness (QED) is 0.898. The van der Waals surface area contributed by atoms with Gasteiger partial charge >= 0.3 is 6.03 Å². The number of hydrogen-bond acceptors (Lipinski definition) is 4. The summed E-state index contributed by atoms with van der Waals surface area (Å²) in [6.07, 6.45) is 0.828. The summed E-state index contributed by atoms with van der Waals surface area (Å²) >= 11 is 1.57. The smallest absolute Gasteiger partial charge is 0.315 e. The number of carbonyl (C=O) groups is 1. The van der Waals surface area contributed by atoms with Gasteiger partial charge in [0, 0.05) is 29.6 Å². The maximum Gasteiger partial charge on any atom is 0.315 e. The fraction of sp³-hybridized carbons (Fsp3) is 0.733. The summed E-state index contributed by atoms with van der Waals surface area (Å²) in [6.45, 7) is 10.2. The molecular formula is C15H25N3O2S. The van der Waals surface area contributed by atoms with Gasteiger partial charge in [0.15, 0.2) is 0 Å². The molecule has 0 radical (unpaired) electrons. The molecule has 0 bridgehead atoms. The molecule has 3 atom stereocenters. The van der Waals surface area contributed by atoms with E-state index in [0.717, 1.165) is 17.1 Å². The average Bonchev–Trinajstić information content (AvgIpc) is 2.84. The monoisotopic (exact) mass is 311 g/mol. The topological polar surface area (TPSA) is 63.2 Å². The van der Waals surface area contributed by atoms with E-state index in [1.54, 1.807) is 18.4 Å². The lowest BCUT2D eigenvalue weighted by Crippen LogP contribution is -2.69. The van der Waals surface area contributed by atoms with Crippen molar-refractivity contribution in [3.05, 3.63) is 16.1 Å². The van der Waals surface area contributed by atoms with Gasteiger partial charge in [-0.3, -0.25) is 0 Å². The number of nitrogens with one attached hydrogen (secondary N) is 2. The maximum atomic E-state index is 12.1. The van der Waals surface area contributed by atoms with E-state index in [4.69, 9.17) is 4.74 Å². The minimum atomic E-state index is -0.178. The molecule has 1 aromatic rings. The van der Waals surface area contributed by atoms with Crippen LogP contribution in [0.1, 0.15) is 50.9 Å². The molecular weight excluding hydrogens is 286 g/mol. The van der Waals surface area contributed by atoms with E-state index in [2.05, 4.69) is 36.4 Å². The summed E-state index contributed by atoms with van der Waals surface area (Å²) in [5, 5.41) is 8.92. The lowest BCUT2D eigenvalue weighted by atomic mass is 9.56. The molecule has 2 N–H and O–H groups in total. The van der Waals surface area contributed by atoms with Crippen molar-refractivity contribution in [2.24, 2.45) is 5.41 Å². The second-order valence-electron chi connectivity index (χ2n) is 6.58. The molecule has 5 nitrogen and oxygen atoms in total. The van der Waals surface area contributed by atoms with Gasteiger partial charge in [-0.1, -0.05) is 13.8 Å².